The molecule has 0 saturated carbocycles. The lowest BCUT2D eigenvalue weighted by Gasteiger charge is -2.14. The average molecular weight is 383 g/mol. The van der Waals surface area contributed by atoms with Crippen molar-refractivity contribution in [2.75, 3.05) is 26.1 Å². The Balaban J connectivity index is 2.37. The lowest BCUT2D eigenvalue weighted by molar-refractivity contribution is -0.138. The van der Waals surface area contributed by atoms with E-state index in [2.05, 4.69) is 22.2 Å². The number of esters is 2. The molecule has 0 spiro atoms. The van der Waals surface area contributed by atoms with Crippen molar-refractivity contribution in [2.45, 2.75) is 20.8 Å². The molecule has 0 bridgehead atoms. The first kappa shape index (κ1) is 21.0. The highest BCUT2D eigenvalue weighted by Gasteiger charge is 2.14. The predicted octanol–water partition coefficient (Wildman–Crippen LogP) is 4.01. The quantitative estimate of drug-likeness (QED) is 0.575. The molecule has 0 radical (unpaired) electrons. The molecular formula is C22H25NO5. The molecule has 1 N–H and O–H groups in total. The Morgan fingerprint density at radius 3 is 2.25 bits per heavy atom. The lowest BCUT2D eigenvalue weighted by Crippen LogP contribution is -2.15. The molecule has 2 rings (SSSR count). The van der Waals surface area contributed by atoms with Crippen molar-refractivity contribution >= 4 is 17.6 Å². The third-order valence-electron chi connectivity index (χ3n) is 4.09. The zero-order valence-electron chi connectivity index (χ0n) is 16.8. The van der Waals surface area contributed by atoms with Crippen LogP contribution in [-0.2, 0) is 19.1 Å². The molecular weight excluding hydrogens is 358 g/mol. The van der Waals surface area contributed by atoms with Crippen LogP contribution in [0, 0.1) is 13.8 Å². The van der Waals surface area contributed by atoms with Crippen LogP contribution < -0.4 is 10.1 Å². The summed E-state index contributed by atoms with van der Waals surface area (Å²) < 4.78 is 15.0. The Morgan fingerprint density at radius 1 is 1.00 bits per heavy atom. The molecule has 0 aromatic heterocycles. The fraction of sp³-hybridized carbons (Fsp3) is 0.273. The molecule has 28 heavy (non-hydrogen) atoms. The van der Waals surface area contributed by atoms with E-state index in [1.54, 1.807) is 6.07 Å². The van der Waals surface area contributed by atoms with Crippen molar-refractivity contribution in [1.29, 1.82) is 0 Å². The van der Waals surface area contributed by atoms with Crippen molar-refractivity contribution in [2.24, 2.45) is 0 Å². The summed E-state index contributed by atoms with van der Waals surface area (Å²) in [6, 6.07) is 11.6. The summed E-state index contributed by atoms with van der Waals surface area (Å²) in [5, 5.41) is 2.93. The highest BCUT2D eigenvalue weighted by molar-refractivity contribution is 5.98. The molecule has 0 unspecified atom stereocenters. The minimum Gasteiger partial charge on any atom is -0.493 e. The van der Waals surface area contributed by atoms with E-state index < -0.39 is 11.9 Å². The number of hydrogen-bond donors (Lipinski definition) is 1. The fourth-order valence-corrected chi connectivity index (χ4v) is 2.85. The zero-order chi connectivity index (χ0) is 20.7. The Bertz CT molecular complexity index is 879. The van der Waals surface area contributed by atoms with Gasteiger partial charge in [0.2, 0.25) is 0 Å². The van der Waals surface area contributed by atoms with E-state index in [0.29, 0.717) is 12.3 Å². The molecule has 0 atom stereocenters. The molecule has 148 valence electrons. The van der Waals surface area contributed by atoms with Crippen LogP contribution in [0.25, 0.3) is 11.1 Å². The van der Waals surface area contributed by atoms with Gasteiger partial charge in [0.05, 0.1) is 26.9 Å². The second kappa shape index (κ2) is 9.60. The van der Waals surface area contributed by atoms with E-state index in [9.17, 15) is 9.59 Å². The molecule has 6 nitrogen and oxygen atoms in total. The van der Waals surface area contributed by atoms with Crippen molar-refractivity contribution < 1.29 is 23.8 Å². The maximum Gasteiger partial charge on any atom is 0.354 e. The summed E-state index contributed by atoms with van der Waals surface area (Å²) in [6.45, 7) is 6.60. The normalized spacial score (nSPS) is 11.0. The minimum atomic E-state index is -0.663. The first-order valence-electron chi connectivity index (χ1n) is 8.89. The second-order valence-electron chi connectivity index (χ2n) is 6.15. The maximum atomic E-state index is 11.9. The van der Waals surface area contributed by atoms with Gasteiger partial charge in [-0.25, -0.2) is 9.59 Å². The van der Waals surface area contributed by atoms with E-state index in [4.69, 9.17) is 9.47 Å². The predicted molar refractivity (Wildman–Crippen MR) is 108 cm³/mol. The fourth-order valence-electron chi connectivity index (χ4n) is 2.85. The monoisotopic (exact) mass is 383 g/mol. The van der Waals surface area contributed by atoms with Crippen LogP contribution in [-0.4, -0.2) is 32.8 Å². The Morgan fingerprint density at radius 2 is 1.68 bits per heavy atom. The number of ether oxygens (including phenoxy) is 3. The number of rotatable bonds is 7. The maximum absolute atomic E-state index is 11.9. The third-order valence-corrected chi connectivity index (χ3v) is 4.09. The highest BCUT2D eigenvalue weighted by atomic mass is 16.5. The van der Waals surface area contributed by atoms with E-state index in [0.717, 1.165) is 34.1 Å². The van der Waals surface area contributed by atoms with E-state index in [1.165, 1.54) is 14.2 Å². The first-order chi connectivity index (χ1) is 13.4. The highest BCUT2D eigenvalue weighted by Crippen LogP contribution is 2.31. The van der Waals surface area contributed by atoms with Crippen molar-refractivity contribution in [3.05, 3.63) is 59.3 Å². The van der Waals surface area contributed by atoms with Crippen LogP contribution in [0.4, 0.5) is 5.69 Å². The van der Waals surface area contributed by atoms with Gasteiger partial charge in [-0.1, -0.05) is 12.1 Å². The molecule has 0 amide bonds. The average Bonchev–Trinajstić information content (AvgIpc) is 2.69. The van der Waals surface area contributed by atoms with Gasteiger partial charge >= 0.3 is 11.9 Å². The minimum absolute atomic E-state index is 0.00875. The zero-order valence-corrected chi connectivity index (χ0v) is 16.8. The molecule has 2 aromatic carbocycles. The van der Waals surface area contributed by atoms with Gasteiger partial charge in [-0.3, -0.25) is 0 Å². The number of nitrogens with one attached hydrogen (secondary N) is 1. The molecule has 0 aliphatic rings. The third kappa shape index (κ3) is 5.13. The van der Waals surface area contributed by atoms with Crippen LogP contribution in [0.5, 0.6) is 5.75 Å². The largest absolute Gasteiger partial charge is 0.493 e. The number of methoxy groups -OCH3 is 2. The number of aryl methyl sites for hydroxylation is 2. The summed E-state index contributed by atoms with van der Waals surface area (Å²) >= 11 is 0. The summed E-state index contributed by atoms with van der Waals surface area (Å²) in [7, 11) is 2.49. The van der Waals surface area contributed by atoms with E-state index in [-0.39, 0.29) is 5.70 Å². The smallest absolute Gasteiger partial charge is 0.354 e. The van der Waals surface area contributed by atoms with Crippen LogP contribution in [0.1, 0.15) is 18.1 Å². The number of anilines is 1. The van der Waals surface area contributed by atoms with Gasteiger partial charge in [0, 0.05) is 5.69 Å². The Hall–Kier alpha value is -3.28. The number of carbonyl (C=O) groups is 2. The van der Waals surface area contributed by atoms with Crippen molar-refractivity contribution in [1.82, 2.24) is 0 Å². The number of benzene rings is 2. The van der Waals surface area contributed by atoms with Gasteiger partial charge in [0.15, 0.2) is 0 Å². The van der Waals surface area contributed by atoms with Gasteiger partial charge in [-0.2, -0.15) is 0 Å². The van der Waals surface area contributed by atoms with Crippen molar-refractivity contribution in [3.8, 4) is 16.9 Å². The summed E-state index contributed by atoms with van der Waals surface area (Å²) in [6.07, 6.45) is 1.06. The van der Waals surface area contributed by atoms with Crippen LogP contribution in [0.2, 0.25) is 0 Å². The molecule has 0 aliphatic carbocycles. The van der Waals surface area contributed by atoms with Crippen LogP contribution in [0.15, 0.2) is 48.2 Å². The number of carbonyl (C=O) groups excluding carboxylic acids is 2. The van der Waals surface area contributed by atoms with Gasteiger partial charge in [0.25, 0.3) is 0 Å². The van der Waals surface area contributed by atoms with Crippen LogP contribution in [0.3, 0.4) is 0 Å². The van der Waals surface area contributed by atoms with Gasteiger partial charge in [0.1, 0.15) is 11.4 Å². The Kier molecular flexibility index (Phi) is 7.21. The van der Waals surface area contributed by atoms with Crippen LogP contribution >= 0.6 is 0 Å². The topological polar surface area (TPSA) is 73.9 Å². The molecule has 6 heteroatoms. The Labute approximate surface area is 165 Å². The SMILES string of the molecule is CCOc1c(C)cc(-c2cccc(N/C(=C/C(=O)OC)C(=O)OC)c2)cc1C. The van der Waals surface area contributed by atoms with E-state index >= 15 is 0 Å². The first-order valence-corrected chi connectivity index (χ1v) is 8.89. The summed E-state index contributed by atoms with van der Waals surface area (Å²) in [5.74, 6) is -0.417. The second-order valence-corrected chi connectivity index (χ2v) is 6.15. The standard InChI is InChI=1S/C22H25NO5/c1-6-28-21-14(2)10-17(11-15(21)3)16-8-7-9-18(12-16)23-19(22(25)27-5)13-20(24)26-4/h7-13,23H,6H2,1-5H3/b19-13+. The van der Waals surface area contributed by atoms with E-state index in [1.807, 2.05) is 39.0 Å². The number of hydrogen-bond acceptors (Lipinski definition) is 6. The molecule has 0 fully saturated rings. The molecule has 2 aromatic rings. The van der Waals surface area contributed by atoms with Gasteiger partial charge < -0.3 is 19.5 Å². The van der Waals surface area contributed by atoms with Gasteiger partial charge in [-0.05, 0) is 67.3 Å². The van der Waals surface area contributed by atoms with Gasteiger partial charge in [-0.15, -0.1) is 0 Å². The molecule has 0 aliphatic heterocycles. The summed E-state index contributed by atoms with van der Waals surface area (Å²) in [5.41, 5.74) is 4.72. The van der Waals surface area contributed by atoms with Crippen molar-refractivity contribution in [3.63, 3.8) is 0 Å². The molecule has 0 saturated heterocycles. The molecule has 0 heterocycles. The lowest BCUT2D eigenvalue weighted by atomic mass is 9.99. The summed E-state index contributed by atoms with van der Waals surface area (Å²) in [4.78, 5) is 23.5.